The van der Waals surface area contributed by atoms with Crippen molar-refractivity contribution in [3.63, 3.8) is 0 Å². The van der Waals surface area contributed by atoms with Gasteiger partial charge in [-0.1, -0.05) is 45.2 Å². The molecule has 0 fully saturated rings. The molecule has 0 saturated carbocycles. The predicted molar refractivity (Wildman–Crippen MR) is 97.4 cm³/mol. The Morgan fingerprint density at radius 2 is 1.75 bits per heavy atom. The molecule has 5 nitrogen and oxygen atoms in total. The van der Waals surface area contributed by atoms with Crippen molar-refractivity contribution in [2.45, 2.75) is 17.9 Å². The molecule has 0 aliphatic heterocycles. The number of hydrogen-bond donors (Lipinski definition) is 1. The van der Waals surface area contributed by atoms with Gasteiger partial charge in [0.2, 0.25) is 0 Å². The maximum Gasteiger partial charge on any atom is 0.327 e. The lowest BCUT2D eigenvalue weighted by atomic mass is 10.2. The highest BCUT2D eigenvalue weighted by Crippen LogP contribution is 2.36. The van der Waals surface area contributed by atoms with Crippen molar-refractivity contribution >= 4 is 60.8 Å². The summed E-state index contributed by atoms with van der Waals surface area (Å²) in [6.45, 7) is 1.26. The summed E-state index contributed by atoms with van der Waals surface area (Å²) in [5.74, 6) is -1.31. The van der Waals surface area contributed by atoms with Crippen molar-refractivity contribution < 1.29 is 18.3 Å². The van der Waals surface area contributed by atoms with E-state index in [1.54, 1.807) is 12.1 Å². The number of carboxylic acids is 1. The number of anilines is 1. The minimum absolute atomic E-state index is 0.00184. The van der Waals surface area contributed by atoms with E-state index in [9.17, 15) is 18.3 Å². The van der Waals surface area contributed by atoms with Crippen LogP contribution in [0.3, 0.4) is 0 Å². The number of hydrogen-bond acceptors (Lipinski definition) is 3. The lowest BCUT2D eigenvalue weighted by Crippen LogP contribution is -2.43. The molecule has 9 heteroatoms. The quantitative estimate of drug-likeness (QED) is 0.728. The first-order chi connectivity index (χ1) is 11.2. The molecule has 1 N–H and O–H groups in total. The summed E-state index contributed by atoms with van der Waals surface area (Å²) in [5, 5.41) is 9.43. The lowest BCUT2D eigenvalue weighted by molar-refractivity contribution is -0.137. The van der Waals surface area contributed by atoms with Crippen molar-refractivity contribution in [2.24, 2.45) is 0 Å². The molecule has 1 atom stereocenters. The summed E-state index contributed by atoms with van der Waals surface area (Å²) < 4.78 is 27.4. The predicted octanol–water partition coefficient (Wildman–Crippen LogP) is 4.42. The number of carbonyl (C=O) groups is 1. The Kier molecular flexibility index (Phi) is 5.80. The van der Waals surface area contributed by atoms with Crippen LogP contribution in [0.2, 0.25) is 10.0 Å². The molecule has 0 bridgehead atoms. The molecule has 24 heavy (non-hydrogen) atoms. The molecule has 1 unspecified atom stereocenters. The Morgan fingerprint density at radius 1 is 1.17 bits per heavy atom. The van der Waals surface area contributed by atoms with Crippen LogP contribution in [0.5, 0.6) is 0 Å². The number of aliphatic carboxylic acids is 1. The van der Waals surface area contributed by atoms with Crippen LogP contribution >= 0.6 is 39.1 Å². The van der Waals surface area contributed by atoms with Crippen LogP contribution in [0.15, 0.2) is 51.8 Å². The highest BCUT2D eigenvalue weighted by molar-refractivity contribution is 9.10. The number of carboxylic acid groups (broad SMARTS) is 1. The van der Waals surface area contributed by atoms with Crippen molar-refractivity contribution in [2.75, 3.05) is 4.31 Å². The van der Waals surface area contributed by atoms with Gasteiger partial charge in [-0.2, -0.15) is 0 Å². The summed E-state index contributed by atoms with van der Waals surface area (Å²) in [6, 6.07) is 8.87. The minimum Gasteiger partial charge on any atom is -0.480 e. The Balaban J connectivity index is 2.69. The first-order valence-electron chi connectivity index (χ1n) is 6.63. The van der Waals surface area contributed by atoms with Crippen LogP contribution in [0.4, 0.5) is 5.69 Å². The zero-order valence-corrected chi connectivity index (χ0v) is 16.2. The molecule has 0 aromatic heterocycles. The molecular weight excluding hydrogens is 441 g/mol. The van der Waals surface area contributed by atoms with Gasteiger partial charge < -0.3 is 5.11 Å². The number of rotatable bonds is 5. The number of benzene rings is 2. The van der Waals surface area contributed by atoms with Gasteiger partial charge in [-0.15, -0.1) is 0 Å². The van der Waals surface area contributed by atoms with E-state index in [-0.39, 0.29) is 20.6 Å². The smallest absolute Gasteiger partial charge is 0.327 e. The SMILES string of the molecule is CC(C(=O)O)N(c1cccc(Cl)c1Cl)S(=O)(=O)c1ccc(Br)cc1. The molecule has 2 aromatic rings. The fourth-order valence-electron chi connectivity index (χ4n) is 2.03. The molecule has 0 aliphatic carbocycles. The molecule has 2 aromatic carbocycles. The number of sulfonamides is 1. The highest BCUT2D eigenvalue weighted by Gasteiger charge is 2.34. The van der Waals surface area contributed by atoms with E-state index in [0.717, 1.165) is 4.31 Å². The highest BCUT2D eigenvalue weighted by atomic mass is 79.9. The summed E-state index contributed by atoms with van der Waals surface area (Å²) in [6.07, 6.45) is 0. The van der Waals surface area contributed by atoms with E-state index in [4.69, 9.17) is 23.2 Å². The average molecular weight is 453 g/mol. The Hall–Kier alpha value is -1.28. The Morgan fingerprint density at radius 3 is 2.29 bits per heavy atom. The van der Waals surface area contributed by atoms with Gasteiger partial charge in [-0.3, -0.25) is 4.31 Å². The van der Waals surface area contributed by atoms with Gasteiger partial charge in [0.05, 0.1) is 20.6 Å². The number of halogens is 3. The van der Waals surface area contributed by atoms with Crippen molar-refractivity contribution in [1.82, 2.24) is 0 Å². The zero-order valence-electron chi connectivity index (χ0n) is 12.3. The van der Waals surface area contributed by atoms with E-state index in [1.165, 1.54) is 37.3 Å². The summed E-state index contributed by atoms with van der Waals surface area (Å²) >= 11 is 15.3. The molecule has 0 saturated heterocycles. The Labute approximate surface area is 158 Å². The molecule has 0 spiro atoms. The molecule has 128 valence electrons. The van der Waals surface area contributed by atoms with Gasteiger partial charge in [0.25, 0.3) is 10.0 Å². The second-order valence-corrected chi connectivity index (χ2v) is 8.36. The van der Waals surface area contributed by atoms with Crippen LogP contribution in [-0.2, 0) is 14.8 Å². The van der Waals surface area contributed by atoms with Gasteiger partial charge in [0, 0.05) is 4.47 Å². The fraction of sp³-hybridized carbons (Fsp3) is 0.133. The molecule has 0 aliphatic rings. The second-order valence-electron chi connectivity index (χ2n) is 4.84. The summed E-state index contributed by atoms with van der Waals surface area (Å²) in [4.78, 5) is 11.4. The maximum absolute atomic E-state index is 13.0. The third-order valence-corrected chi connectivity index (χ3v) is 6.48. The van der Waals surface area contributed by atoms with Crippen molar-refractivity contribution in [3.8, 4) is 0 Å². The third-order valence-electron chi connectivity index (χ3n) is 3.25. The lowest BCUT2D eigenvalue weighted by Gasteiger charge is -2.29. The van der Waals surface area contributed by atoms with E-state index in [1.807, 2.05) is 0 Å². The van der Waals surface area contributed by atoms with Crippen LogP contribution in [0.25, 0.3) is 0 Å². The summed E-state index contributed by atoms with van der Waals surface area (Å²) in [5.41, 5.74) is 0.00184. The Bertz CT molecular complexity index is 872. The van der Waals surface area contributed by atoms with Gasteiger partial charge in [-0.05, 0) is 43.3 Å². The monoisotopic (exact) mass is 451 g/mol. The van der Waals surface area contributed by atoms with E-state index in [0.29, 0.717) is 4.47 Å². The molecule has 0 heterocycles. The van der Waals surface area contributed by atoms with E-state index < -0.39 is 22.0 Å². The molecule has 2 rings (SSSR count). The van der Waals surface area contributed by atoms with Crippen LogP contribution < -0.4 is 4.31 Å². The third kappa shape index (κ3) is 3.69. The van der Waals surface area contributed by atoms with Gasteiger partial charge >= 0.3 is 5.97 Å². The first-order valence-corrected chi connectivity index (χ1v) is 9.62. The minimum atomic E-state index is -4.17. The van der Waals surface area contributed by atoms with Crippen LogP contribution in [-0.4, -0.2) is 25.5 Å². The molecule has 0 amide bonds. The molecular formula is C15H12BrCl2NO4S. The summed E-state index contributed by atoms with van der Waals surface area (Å²) in [7, 11) is -4.17. The average Bonchev–Trinajstić information content (AvgIpc) is 2.51. The normalized spacial score (nSPS) is 12.7. The van der Waals surface area contributed by atoms with Crippen molar-refractivity contribution in [3.05, 3.63) is 57.0 Å². The second kappa shape index (κ2) is 7.31. The van der Waals surface area contributed by atoms with Gasteiger partial charge in [0.1, 0.15) is 6.04 Å². The van der Waals surface area contributed by atoms with E-state index in [2.05, 4.69) is 15.9 Å². The van der Waals surface area contributed by atoms with Gasteiger partial charge in [0.15, 0.2) is 0 Å². The van der Waals surface area contributed by atoms with Crippen LogP contribution in [0.1, 0.15) is 6.92 Å². The van der Waals surface area contributed by atoms with Crippen LogP contribution in [0, 0.1) is 0 Å². The van der Waals surface area contributed by atoms with E-state index >= 15 is 0 Å². The molecule has 0 radical (unpaired) electrons. The maximum atomic E-state index is 13.0. The standard InChI is InChI=1S/C15H12BrCl2NO4S/c1-9(15(20)21)19(13-4-2-3-12(17)14(13)18)24(22,23)11-7-5-10(16)6-8-11/h2-9H,1H3,(H,20,21). The fourth-order valence-corrected chi connectivity index (χ4v) is 4.36. The number of nitrogens with zero attached hydrogens (tertiary/aromatic N) is 1. The topological polar surface area (TPSA) is 74.7 Å². The van der Waals surface area contributed by atoms with Gasteiger partial charge in [-0.25, -0.2) is 13.2 Å². The van der Waals surface area contributed by atoms with Crippen molar-refractivity contribution in [1.29, 1.82) is 0 Å². The largest absolute Gasteiger partial charge is 0.480 e. The first kappa shape index (κ1) is 19.1. The zero-order chi connectivity index (χ0) is 18.1.